The Hall–Kier alpha value is -1.92. The standard InChI is InChI=1S/C23H37N3O3/c1-4-26(18(2)16-19-7-9-22(29-3)10-8-19)13-5-6-21(27)17-25-14-11-20(12-15-25)23(24)28/h7-10,18,20H,4-6,11-17H2,1-3H3,(H2,24,28). The Bertz CT molecular complexity index is 639. The molecule has 1 saturated heterocycles. The fourth-order valence-electron chi connectivity index (χ4n) is 4.11. The minimum Gasteiger partial charge on any atom is -0.497 e. The van der Waals surface area contributed by atoms with E-state index >= 15 is 0 Å². The Morgan fingerprint density at radius 3 is 2.45 bits per heavy atom. The largest absolute Gasteiger partial charge is 0.497 e. The molecule has 1 fully saturated rings. The number of likely N-dealkylation sites (N-methyl/N-ethyl adjacent to an activating group) is 1. The van der Waals surface area contributed by atoms with Crippen LogP contribution in [0.5, 0.6) is 5.75 Å². The maximum atomic E-state index is 12.4. The second kappa shape index (κ2) is 11.9. The molecule has 1 amide bonds. The summed E-state index contributed by atoms with van der Waals surface area (Å²) < 4.78 is 5.22. The zero-order chi connectivity index (χ0) is 21.2. The third-order valence-corrected chi connectivity index (χ3v) is 6.01. The van der Waals surface area contributed by atoms with Gasteiger partial charge in [-0.3, -0.25) is 14.5 Å². The molecule has 0 aliphatic carbocycles. The molecule has 1 aliphatic heterocycles. The highest BCUT2D eigenvalue weighted by Crippen LogP contribution is 2.17. The lowest BCUT2D eigenvalue weighted by Crippen LogP contribution is -2.41. The van der Waals surface area contributed by atoms with E-state index in [1.54, 1.807) is 7.11 Å². The van der Waals surface area contributed by atoms with Gasteiger partial charge < -0.3 is 15.4 Å². The number of piperidine rings is 1. The highest BCUT2D eigenvalue weighted by atomic mass is 16.5. The van der Waals surface area contributed by atoms with Crippen LogP contribution >= 0.6 is 0 Å². The molecule has 0 bridgehead atoms. The molecule has 1 heterocycles. The highest BCUT2D eigenvalue weighted by molar-refractivity contribution is 5.80. The van der Waals surface area contributed by atoms with Crippen molar-refractivity contribution in [3.05, 3.63) is 29.8 Å². The number of methoxy groups -OCH3 is 1. The number of carbonyl (C=O) groups excluding carboxylic acids is 2. The first kappa shape index (κ1) is 23.4. The van der Waals surface area contributed by atoms with Crippen LogP contribution in [0.15, 0.2) is 24.3 Å². The molecule has 0 spiro atoms. The first-order chi connectivity index (χ1) is 13.9. The van der Waals surface area contributed by atoms with Gasteiger partial charge in [-0.15, -0.1) is 0 Å². The number of benzene rings is 1. The van der Waals surface area contributed by atoms with Gasteiger partial charge in [0.05, 0.1) is 13.7 Å². The van der Waals surface area contributed by atoms with E-state index in [9.17, 15) is 9.59 Å². The predicted molar refractivity (Wildman–Crippen MR) is 116 cm³/mol. The van der Waals surface area contributed by atoms with Crippen LogP contribution in [-0.4, -0.2) is 67.4 Å². The van der Waals surface area contributed by atoms with Gasteiger partial charge in [-0.25, -0.2) is 0 Å². The number of ether oxygens (including phenoxy) is 1. The zero-order valence-corrected chi connectivity index (χ0v) is 18.2. The van der Waals surface area contributed by atoms with Crippen LogP contribution in [0.4, 0.5) is 0 Å². The van der Waals surface area contributed by atoms with E-state index in [4.69, 9.17) is 10.5 Å². The van der Waals surface area contributed by atoms with Crippen LogP contribution in [0.25, 0.3) is 0 Å². The maximum absolute atomic E-state index is 12.4. The van der Waals surface area contributed by atoms with E-state index in [2.05, 4.69) is 35.8 Å². The van der Waals surface area contributed by atoms with E-state index in [-0.39, 0.29) is 11.8 Å². The minimum atomic E-state index is -0.209. The van der Waals surface area contributed by atoms with Gasteiger partial charge in [0.15, 0.2) is 0 Å². The van der Waals surface area contributed by atoms with E-state index in [0.29, 0.717) is 24.8 Å². The number of Topliss-reactive ketones (excluding diaryl/α,β-unsaturated/α-hetero) is 1. The topological polar surface area (TPSA) is 75.9 Å². The number of hydrogen-bond donors (Lipinski definition) is 1. The van der Waals surface area contributed by atoms with Gasteiger partial charge in [0.25, 0.3) is 0 Å². The van der Waals surface area contributed by atoms with E-state index in [1.165, 1.54) is 5.56 Å². The van der Waals surface area contributed by atoms with Gasteiger partial charge in [-0.05, 0) is 76.5 Å². The Kier molecular flexibility index (Phi) is 9.61. The number of carbonyl (C=O) groups is 2. The molecule has 0 saturated carbocycles. The smallest absolute Gasteiger partial charge is 0.220 e. The van der Waals surface area contributed by atoms with E-state index in [1.807, 2.05) is 12.1 Å². The minimum absolute atomic E-state index is 0.0216. The lowest BCUT2D eigenvalue weighted by atomic mass is 9.96. The van der Waals surface area contributed by atoms with Crippen LogP contribution in [0.2, 0.25) is 0 Å². The molecule has 0 aromatic heterocycles. The van der Waals surface area contributed by atoms with E-state index < -0.39 is 0 Å². The van der Waals surface area contributed by atoms with Crippen molar-refractivity contribution in [3.63, 3.8) is 0 Å². The van der Waals surface area contributed by atoms with Crippen molar-refractivity contribution in [2.45, 2.75) is 52.0 Å². The Balaban J connectivity index is 1.68. The second-order valence-corrected chi connectivity index (χ2v) is 8.12. The van der Waals surface area contributed by atoms with Gasteiger partial charge in [0, 0.05) is 18.4 Å². The molecule has 1 aliphatic rings. The van der Waals surface area contributed by atoms with Crippen molar-refractivity contribution in [3.8, 4) is 5.75 Å². The third kappa shape index (κ3) is 7.78. The van der Waals surface area contributed by atoms with Crippen molar-refractivity contribution < 1.29 is 14.3 Å². The summed E-state index contributed by atoms with van der Waals surface area (Å²) in [4.78, 5) is 28.2. The Morgan fingerprint density at radius 2 is 1.90 bits per heavy atom. The van der Waals surface area contributed by atoms with E-state index in [0.717, 1.165) is 57.6 Å². The fraction of sp³-hybridized carbons (Fsp3) is 0.652. The van der Waals surface area contributed by atoms with Crippen molar-refractivity contribution in [1.82, 2.24) is 9.80 Å². The average Bonchev–Trinajstić information content (AvgIpc) is 2.72. The lowest BCUT2D eigenvalue weighted by Gasteiger charge is -2.30. The molecular formula is C23H37N3O3. The number of amides is 1. The monoisotopic (exact) mass is 403 g/mol. The van der Waals surface area contributed by atoms with Gasteiger partial charge in [-0.1, -0.05) is 19.1 Å². The van der Waals surface area contributed by atoms with Crippen LogP contribution in [-0.2, 0) is 16.0 Å². The van der Waals surface area contributed by atoms with Crippen molar-refractivity contribution in [2.24, 2.45) is 11.7 Å². The van der Waals surface area contributed by atoms with Gasteiger partial charge in [0.1, 0.15) is 11.5 Å². The summed E-state index contributed by atoms with van der Waals surface area (Å²) >= 11 is 0. The third-order valence-electron chi connectivity index (χ3n) is 6.01. The first-order valence-electron chi connectivity index (χ1n) is 10.8. The summed E-state index contributed by atoms with van der Waals surface area (Å²) in [6.07, 6.45) is 4.03. The molecule has 29 heavy (non-hydrogen) atoms. The lowest BCUT2D eigenvalue weighted by molar-refractivity contribution is -0.123. The summed E-state index contributed by atoms with van der Waals surface area (Å²) in [6, 6.07) is 8.67. The molecule has 162 valence electrons. The summed E-state index contributed by atoms with van der Waals surface area (Å²) in [5, 5.41) is 0. The molecule has 2 rings (SSSR count). The second-order valence-electron chi connectivity index (χ2n) is 8.12. The van der Waals surface area contributed by atoms with Gasteiger partial charge >= 0.3 is 0 Å². The Morgan fingerprint density at radius 1 is 1.24 bits per heavy atom. The molecule has 6 nitrogen and oxygen atoms in total. The first-order valence-corrected chi connectivity index (χ1v) is 10.8. The molecule has 2 N–H and O–H groups in total. The molecular weight excluding hydrogens is 366 g/mol. The maximum Gasteiger partial charge on any atom is 0.220 e. The summed E-state index contributed by atoms with van der Waals surface area (Å²) in [5.74, 6) is 0.943. The van der Waals surface area contributed by atoms with Crippen molar-refractivity contribution in [1.29, 1.82) is 0 Å². The van der Waals surface area contributed by atoms with Crippen LogP contribution in [0.1, 0.15) is 45.1 Å². The number of ketones is 1. The molecule has 1 aromatic carbocycles. The number of hydrogen-bond acceptors (Lipinski definition) is 5. The molecule has 1 aromatic rings. The number of likely N-dealkylation sites (tertiary alicyclic amines) is 1. The quantitative estimate of drug-likeness (QED) is 0.580. The fourth-order valence-corrected chi connectivity index (χ4v) is 4.11. The SMILES string of the molecule is CCN(CCCC(=O)CN1CCC(C(N)=O)CC1)C(C)Cc1ccc(OC)cc1. The van der Waals surface area contributed by atoms with Crippen LogP contribution in [0, 0.1) is 5.92 Å². The van der Waals surface area contributed by atoms with Gasteiger partial charge in [0.2, 0.25) is 5.91 Å². The summed E-state index contributed by atoms with van der Waals surface area (Å²) in [6.45, 7) is 8.42. The predicted octanol–water partition coefficient (Wildman–Crippen LogP) is 2.49. The van der Waals surface area contributed by atoms with Crippen molar-refractivity contribution in [2.75, 3.05) is 39.8 Å². The molecule has 0 radical (unpaired) electrons. The zero-order valence-electron chi connectivity index (χ0n) is 18.2. The van der Waals surface area contributed by atoms with Crippen LogP contribution < -0.4 is 10.5 Å². The highest BCUT2D eigenvalue weighted by Gasteiger charge is 2.24. The summed E-state index contributed by atoms with van der Waals surface area (Å²) in [7, 11) is 1.68. The Labute approximate surface area is 175 Å². The molecule has 1 unspecified atom stereocenters. The summed E-state index contributed by atoms with van der Waals surface area (Å²) in [5.41, 5.74) is 6.67. The molecule has 1 atom stereocenters. The van der Waals surface area contributed by atoms with Crippen molar-refractivity contribution >= 4 is 11.7 Å². The normalized spacial score (nSPS) is 16.7. The number of nitrogens with zero attached hydrogens (tertiary/aromatic N) is 2. The average molecular weight is 404 g/mol. The van der Waals surface area contributed by atoms with Gasteiger partial charge in [-0.2, -0.15) is 0 Å². The number of nitrogens with two attached hydrogens (primary N) is 1. The van der Waals surface area contributed by atoms with Crippen LogP contribution in [0.3, 0.4) is 0 Å². The number of rotatable bonds is 12. The molecule has 6 heteroatoms. The number of primary amides is 1.